The molecule has 108 valence electrons. The van der Waals surface area contributed by atoms with E-state index in [9.17, 15) is 0 Å². The number of hydrogen-bond donors (Lipinski definition) is 2. The lowest BCUT2D eigenvalue weighted by Gasteiger charge is -2.07. The molecule has 0 atom stereocenters. The highest BCUT2D eigenvalue weighted by atomic mass is 35.5. The van der Waals surface area contributed by atoms with E-state index in [1.165, 1.54) is 0 Å². The van der Waals surface area contributed by atoms with Crippen LogP contribution in [0.2, 0.25) is 5.28 Å². The topological polar surface area (TPSA) is 80.5 Å². The summed E-state index contributed by atoms with van der Waals surface area (Å²) < 4.78 is 1.81. The Balaban J connectivity index is 2.10. The Kier molecular flexibility index (Phi) is 4.73. The van der Waals surface area contributed by atoms with Gasteiger partial charge in [0.25, 0.3) is 0 Å². The van der Waals surface area contributed by atoms with Gasteiger partial charge in [0.1, 0.15) is 0 Å². The second-order valence-corrected chi connectivity index (χ2v) is 4.60. The van der Waals surface area contributed by atoms with Crippen molar-refractivity contribution in [2.45, 2.75) is 26.8 Å². The fourth-order valence-corrected chi connectivity index (χ4v) is 2.03. The molecule has 0 spiro atoms. The van der Waals surface area contributed by atoms with Crippen LogP contribution in [0, 0.1) is 0 Å². The first kappa shape index (κ1) is 14.5. The van der Waals surface area contributed by atoms with Crippen molar-refractivity contribution in [3.63, 3.8) is 0 Å². The van der Waals surface area contributed by atoms with Gasteiger partial charge < -0.3 is 10.6 Å². The van der Waals surface area contributed by atoms with Gasteiger partial charge >= 0.3 is 0 Å². The number of nitrogens with one attached hydrogen (secondary N) is 2. The molecule has 0 saturated carbocycles. The lowest BCUT2D eigenvalue weighted by molar-refractivity contribution is 0.746. The Morgan fingerprint density at radius 1 is 1.15 bits per heavy atom. The van der Waals surface area contributed by atoms with Crippen molar-refractivity contribution in [3.05, 3.63) is 22.7 Å². The summed E-state index contributed by atoms with van der Waals surface area (Å²) in [6, 6.07) is 0. The molecule has 0 aliphatic heterocycles. The van der Waals surface area contributed by atoms with Crippen LogP contribution in [0.3, 0.4) is 0 Å². The van der Waals surface area contributed by atoms with E-state index in [0.29, 0.717) is 18.4 Å². The summed E-state index contributed by atoms with van der Waals surface area (Å²) >= 11 is 5.87. The molecule has 2 N–H and O–H groups in total. The zero-order valence-electron chi connectivity index (χ0n) is 11.8. The van der Waals surface area contributed by atoms with Crippen molar-refractivity contribution in [1.82, 2.24) is 24.7 Å². The van der Waals surface area contributed by atoms with Gasteiger partial charge in [-0.1, -0.05) is 6.92 Å². The Labute approximate surface area is 122 Å². The maximum atomic E-state index is 5.87. The molecule has 20 heavy (non-hydrogen) atoms. The smallest absolute Gasteiger partial charge is 0.229 e. The van der Waals surface area contributed by atoms with Crippen molar-refractivity contribution in [2.75, 3.05) is 17.2 Å². The first-order chi connectivity index (χ1) is 9.62. The van der Waals surface area contributed by atoms with E-state index < -0.39 is 0 Å². The molecule has 0 aliphatic carbocycles. The average Bonchev–Trinajstić information content (AvgIpc) is 2.76. The van der Waals surface area contributed by atoms with Crippen LogP contribution in [0.5, 0.6) is 0 Å². The van der Waals surface area contributed by atoms with Crippen molar-refractivity contribution in [3.8, 4) is 0 Å². The summed E-state index contributed by atoms with van der Waals surface area (Å²) in [5.74, 6) is 0.920. The van der Waals surface area contributed by atoms with Crippen LogP contribution in [0.25, 0.3) is 0 Å². The fourth-order valence-electron chi connectivity index (χ4n) is 1.87. The molecule has 0 aromatic carbocycles. The van der Waals surface area contributed by atoms with Gasteiger partial charge in [0.15, 0.2) is 0 Å². The fraction of sp³-hybridized carbons (Fsp3) is 0.500. The minimum Gasteiger partial charge on any atom is -0.354 e. The summed E-state index contributed by atoms with van der Waals surface area (Å²) in [5, 5.41) is 10.7. The van der Waals surface area contributed by atoms with E-state index in [0.717, 1.165) is 24.2 Å². The lowest BCUT2D eigenvalue weighted by atomic mass is 10.2. The highest BCUT2D eigenvalue weighted by Gasteiger charge is 2.08. The number of rotatable bonds is 6. The van der Waals surface area contributed by atoms with Crippen LogP contribution in [-0.2, 0) is 20.0 Å². The Morgan fingerprint density at radius 3 is 2.50 bits per heavy atom. The predicted molar refractivity (Wildman–Crippen MR) is 78.9 cm³/mol. The molecule has 2 aromatic heterocycles. The Morgan fingerprint density at radius 2 is 1.85 bits per heavy atom. The van der Waals surface area contributed by atoms with Gasteiger partial charge in [-0.25, -0.2) is 0 Å². The van der Waals surface area contributed by atoms with Gasteiger partial charge in [-0.3, -0.25) is 4.68 Å². The van der Waals surface area contributed by atoms with Gasteiger partial charge in [0.2, 0.25) is 17.2 Å². The van der Waals surface area contributed by atoms with Gasteiger partial charge in [-0.15, -0.1) is 0 Å². The van der Waals surface area contributed by atoms with Crippen LogP contribution >= 0.6 is 11.6 Å². The number of aryl methyl sites for hydroxylation is 2. The molecule has 2 aromatic rings. The Bertz CT molecular complexity index is 581. The maximum absolute atomic E-state index is 5.87. The van der Waals surface area contributed by atoms with Crippen LogP contribution in [0.4, 0.5) is 11.9 Å². The number of nitrogens with zero attached hydrogens (tertiary/aromatic N) is 5. The van der Waals surface area contributed by atoms with Crippen LogP contribution < -0.4 is 10.6 Å². The van der Waals surface area contributed by atoms with Crippen molar-refractivity contribution in [2.24, 2.45) is 7.05 Å². The van der Waals surface area contributed by atoms with Crippen molar-refractivity contribution < 1.29 is 0 Å². The van der Waals surface area contributed by atoms with Crippen LogP contribution in [0.1, 0.15) is 25.1 Å². The van der Waals surface area contributed by atoms with Crippen molar-refractivity contribution in [1.29, 1.82) is 0 Å². The van der Waals surface area contributed by atoms with E-state index in [4.69, 9.17) is 11.6 Å². The Hall–Kier alpha value is -1.89. The molecule has 0 aliphatic rings. The van der Waals surface area contributed by atoms with Crippen LogP contribution in [0.15, 0.2) is 6.20 Å². The number of anilines is 2. The molecule has 0 saturated heterocycles. The molecule has 8 heteroatoms. The molecule has 0 bridgehead atoms. The summed E-state index contributed by atoms with van der Waals surface area (Å²) in [6.45, 7) is 5.37. The van der Waals surface area contributed by atoms with Crippen LogP contribution in [-0.4, -0.2) is 31.3 Å². The van der Waals surface area contributed by atoms with E-state index in [2.05, 4.69) is 37.6 Å². The third-order valence-electron chi connectivity index (χ3n) is 2.71. The molecule has 0 amide bonds. The summed E-state index contributed by atoms with van der Waals surface area (Å²) in [7, 11) is 1.91. The second-order valence-electron chi connectivity index (χ2n) is 4.26. The van der Waals surface area contributed by atoms with E-state index in [1.54, 1.807) is 4.68 Å². The number of aromatic nitrogens is 5. The summed E-state index contributed by atoms with van der Waals surface area (Å²) in [5.41, 5.74) is 2.18. The SMILES string of the molecule is CCNc1nc(Cl)nc(NCc2cn(C)nc2CC)n1. The molecular weight excluding hydrogens is 278 g/mol. The molecule has 7 nitrogen and oxygen atoms in total. The standard InChI is InChI=1S/C12H18ClN7/c1-4-9-8(7-20(3)19-9)6-15-12-17-10(13)16-11(18-12)14-5-2/h7H,4-6H2,1-3H3,(H2,14,15,16,17,18). The minimum atomic E-state index is 0.167. The number of halogens is 1. The van der Waals surface area contributed by atoms with Gasteiger partial charge in [-0.05, 0) is 24.9 Å². The first-order valence-corrected chi connectivity index (χ1v) is 6.90. The quantitative estimate of drug-likeness (QED) is 0.847. The van der Waals surface area contributed by atoms with E-state index in [1.807, 2.05) is 20.2 Å². The predicted octanol–water partition coefficient (Wildman–Crippen LogP) is 1.86. The maximum Gasteiger partial charge on any atom is 0.229 e. The van der Waals surface area contributed by atoms with Gasteiger partial charge in [0.05, 0.1) is 5.69 Å². The first-order valence-electron chi connectivity index (χ1n) is 6.53. The molecular formula is C12H18ClN7. The lowest BCUT2D eigenvalue weighted by Crippen LogP contribution is -2.09. The summed E-state index contributed by atoms with van der Waals surface area (Å²) in [4.78, 5) is 12.3. The molecule has 0 radical (unpaired) electrons. The van der Waals surface area contributed by atoms with Gasteiger partial charge in [0, 0.05) is 31.9 Å². The molecule has 0 fully saturated rings. The monoisotopic (exact) mass is 295 g/mol. The highest BCUT2D eigenvalue weighted by Crippen LogP contribution is 2.12. The third-order valence-corrected chi connectivity index (χ3v) is 2.88. The minimum absolute atomic E-state index is 0.167. The zero-order chi connectivity index (χ0) is 14.5. The number of hydrogen-bond acceptors (Lipinski definition) is 6. The second kappa shape index (κ2) is 6.51. The molecule has 0 unspecified atom stereocenters. The average molecular weight is 296 g/mol. The normalized spacial score (nSPS) is 10.6. The highest BCUT2D eigenvalue weighted by molar-refractivity contribution is 6.28. The molecule has 2 heterocycles. The van der Waals surface area contributed by atoms with E-state index in [-0.39, 0.29) is 5.28 Å². The van der Waals surface area contributed by atoms with Gasteiger partial charge in [-0.2, -0.15) is 20.1 Å². The van der Waals surface area contributed by atoms with E-state index >= 15 is 0 Å². The van der Waals surface area contributed by atoms with Crippen molar-refractivity contribution >= 4 is 23.5 Å². The third kappa shape index (κ3) is 3.57. The molecule has 2 rings (SSSR count). The zero-order valence-corrected chi connectivity index (χ0v) is 12.6. The summed E-state index contributed by atoms with van der Waals surface area (Å²) in [6.07, 6.45) is 2.87. The largest absolute Gasteiger partial charge is 0.354 e.